The van der Waals surface area contributed by atoms with Crippen molar-refractivity contribution >= 4 is 34.6 Å². The van der Waals surface area contributed by atoms with Crippen molar-refractivity contribution < 1.29 is 9.53 Å². The molecule has 1 aliphatic rings. The van der Waals surface area contributed by atoms with Crippen molar-refractivity contribution in [2.45, 2.75) is 6.04 Å². The first-order chi connectivity index (χ1) is 12.7. The van der Waals surface area contributed by atoms with Crippen molar-refractivity contribution in [2.75, 3.05) is 26.7 Å². The van der Waals surface area contributed by atoms with Crippen LogP contribution in [0.1, 0.15) is 22.0 Å². The molecule has 3 heterocycles. The van der Waals surface area contributed by atoms with Gasteiger partial charge in [0.2, 0.25) is 0 Å². The molecule has 2 aromatic heterocycles. The molecule has 27 heavy (non-hydrogen) atoms. The second-order valence-electron chi connectivity index (χ2n) is 5.99. The molecular formula is C18H19ClN4O3S. The summed E-state index contributed by atoms with van der Waals surface area (Å²) in [7, 11) is 1.61. The maximum absolute atomic E-state index is 13.2. The first-order valence-corrected chi connectivity index (χ1v) is 9.18. The van der Waals surface area contributed by atoms with Crippen molar-refractivity contribution in [3.8, 4) is 5.75 Å². The quantitative estimate of drug-likeness (QED) is 0.719. The molecule has 1 aliphatic heterocycles. The van der Waals surface area contributed by atoms with Gasteiger partial charge >= 0.3 is 0 Å². The topological polar surface area (TPSA) is 75.9 Å². The Balaban J connectivity index is 0.00000210. The van der Waals surface area contributed by atoms with Crippen molar-refractivity contribution in [2.24, 2.45) is 0 Å². The van der Waals surface area contributed by atoms with Crippen LogP contribution in [0.15, 0.2) is 46.8 Å². The van der Waals surface area contributed by atoms with Crippen LogP contribution in [0.3, 0.4) is 0 Å². The molecule has 0 radical (unpaired) electrons. The molecule has 1 aromatic carbocycles. The highest BCUT2D eigenvalue weighted by Gasteiger charge is 2.32. The third-order valence-electron chi connectivity index (χ3n) is 4.58. The first-order valence-electron chi connectivity index (χ1n) is 8.30. The molecule has 0 spiro atoms. The van der Waals surface area contributed by atoms with Gasteiger partial charge in [-0.1, -0.05) is 18.2 Å². The van der Waals surface area contributed by atoms with E-state index in [0.717, 1.165) is 11.3 Å². The van der Waals surface area contributed by atoms with Crippen LogP contribution in [-0.4, -0.2) is 46.9 Å². The van der Waals surface area contributed by atoms with E-state index < -0.39 is 0 Å². The van der Waals surface area contributed by atoms with Gasteiger partial charge in [-0.25, -0.2) is 4.98 Å². The zero-order chi connectivity index (χ0) is 18.1. The van der Waals surface area contributed by atoms with E-state index in [0.29, 0.717) is 24.6 Å². The number of rotatable bonds is 3. The Morgan fingerprint density at radius 3 is 3.00 bits per heavy atom. The molecule has 4 rings (SSSR count). The number of methoxy groups -OCH3 is 1. The molecule has 1 atom stereocenters. The van der Waals surface area contributed by atoms with Crippen LogP contribution in [0, 0.1) is 0 Å². The van der Waals surface area contributed by atoms with Gasteiger partial charge in [-0.2, -0.15) is 0 Å². The van der Waals surface area contributed by atoms with Crippen LogP contribution in [0.2, 0.25) is 0 Å². The highest BCUT2D eigenvalue weighted by atomic mass is 35.5. The SMILES string of the molecule is COc1ccccc1C1CNCCN1C(=O)c1cnc2sccn2c1=O.Cl. The number of amides is 1. The smallest absolute Gasteiger partial charge is 0.271 e. The molecule has 1 saturated heterocycles. The molecule has 1 amide bonds. The minimum absolute atomic E-state index is 0. The summed E-state index contributed by atoms with van der Waals surface area (Å²) < 4.78 is 6.88. The van der Waals surface area contributed by atoms with Gasteiger partial charge in [0.15, 0.2) is 4.96 Å². The van der Waals surface area contributed by atoms with Crippen LogP contribution >= 0.6 is 23.7 Å². The molecule has 9 heteroatoms. The van der Waals surface area contributed by atoms with Gasteiger partial charge in [0, 0.05) is 43.0 Å². The Hall–Kier alpha value is -2.42. The number of thiazole rings is 1. The predicted molar refractivity (Wildman–Crippen MR) is 106 cm³/mol. The lowest BCUT2D eigenvalue weighted by molar-refractivity contribution is 0.0629. The van der Waals surface area contributed by atoms with E-state index in [9.17, 15) is 9.59 Å². The lowest BCUT2D eigenvalue weighted by Gasteiger charge is -2.37. The number of aromatic nitrogens is 2. The zero-order valence-corrected chi connectivity index (χ0v) is 16.3. The average Bonchev–Trinajstić information content (AvgIpc) is 3.17. The number of piperazine rings is 1. The van der Waals surface area contributed by atoms with Crippen LogP contribution in [0.5, 0.6) is 5.75 Å². The van der Waals surface area contributed by atoms with E-state index in [1.165, 1.54) is 21.9 Å². The molecule has 0 aliphatic carbocycles. The third-order valence-corrected chi connectivity index (χ3v) is 5.35. The molecule has 142 valence electrons. The number of halogens is 1. The second kappa shape index (κ2) is 8.08. The summed E-state index contributed by atoms with van der Waals surface area (Å²) >= 11 is 1.36. The van der Waals surface area contributed by atoms with E-state index in [2.05, 4.69) is 10.3 Å². The Morgan fingerprint density at radius 2 is 2.19 bits per heavy atom. The molecule has 0 saturated carbocycles. The number of ether oxygens (including phenoxy) is 1. The Morgan fingerprint density at radius 1 is 1.37 bits per heavy atom. The molecule has 7 nitrogen and oxygen atoms in total. The summed E-state index contributed by atoms with van der Waals surface area (Å²) in [6.45, 7) is 1.78. The van der Waals surface area contributed by atoms with Crippen LogP contribution in [0.4, 0.5) is 0 Å². The van der Waals surface area contributed by atoms with E-state index in [1.807, 2.05) is 24.3 Å². The third kappa shape index (κ3) is 3.43. The lowest BCUT2D eigenvalue weighted by Crippen LogP contribution is -2.49. The summed E-state index contributed by atoms with van der Waals surface area (Å²) in [6, 6.07) is 7.42. The largest absolute Gasteiger partial charge is 0.496 e. The molecular weight excluding hydrogens is 388 g/mol. The van der Waals surface area contributed by atoms with Gasteiger partial charge in [0.25, 0.3) is 11.5 Å². The number of hydrogen-bond donors (Lipinski definition) is 1. The van der Waals surface area contributed by atoms with Gasteiger partial charge in [-0.05, 0) is 6.07 Å². The minimum atomic E-state index is -0.335. The van der Waals surface area contributed by atoms with Crippen LogP contribution in [-0.2, 0) is 0 Å². The van der Waals surface area contributed by atoms with E-state index >= 15 is 0 Å². The van der Waals surface area contributed by atoms with Gasteiger partial charge in [0.05, 0.1) is 13.2 Å². The van der Waals surface area contributed by atoms with Crippen molar-refractivity contribution in [1.82, 2.24) is 19.6 Å². The van der Waals surface area contributed by atoms with E-state index in [1.54, 1.807) is 23.6 Å². The standard InChI is InChI=1S/C18H18N4O3S.ClH/c1-25-15-5-3-2-4-12(15)14-11-19-6-7-21(14)16(23)13-10-20-18-22(17(13)24)8-9-26-18;/h2-5,8-10,14,19H,6-7,11H2,1H3;1H. The number of carbonyl (C=O) groups excluding carboxylic acids is 1. The fraction of sp³-hybridized carbons (Fsp3) is 0.278. The first kappa shape index (κ1) is 19.3. The van der Waals surface area contributed by atoms with Crippen molar-refractivity contribution in [3.05, 3.63) is 63.5 Å². The van der Waals surface area contributed by atoms with Gasteiger partial charge in [0.1, 0.15) is 11.3 Å². The number of carbonyl (C=O) groups is 1. The van der Waals surface area contributed by atoms with Gasteiger partial charge in [-0.3, -0.25) is 14.0 Å². The molecule has 1 N–H and O–H groups in total. The van der Waals surface area contributed by atoms with Gasteiger partial charge < -0.3 is 15.0 Å². The van der Waals surface area contributed by atoms with E-state index in [-0.39, 0.29) is 35.5 Å². The number of fused-ring (bicyclic) bond motifs is 1. The van der Waals surface area contributed by atoms with Crippen LogP contribution in [0.25, 0.3) is 4.96 Å². The Kier molecular flexibility index (Phi) is 5.79. The number of hydrogen-bond acceptors (Lipinski definition) is 6. The normalized spacial score (nSPS) is 16.8. The maximum atomic E-state index is 13.2. The maximum Gasteiger partial charge on any atom is 0.271 e. The fourth-order valence-electron chi connectivity index (χ4n) is 3.29. The van der Waals surface area contributed by atoms with Gasteiger partial charge in [-0.15, -0.1) is 23.7 Å². The summed E-state index contributed by atoms with van der Waals surface area (Å²) in [5.41, 5.74) is 0.668. The second-order valence-corrected chi connectivity index (χ2v) is 6.87. The highest BCUT2D eigenvalue weighted by Crippen LogP contribution is 2.30. The molecule has 1 fully saturated rings. The molecule has 1 unspecified atom stereocenters. The minimum Gasteiger partial charge on any atom is -0.496 e. The molecule has 3 aromatic rings. The Labute approximate surface area is 166 Å². The predicted octanol–water partition coefficient (Wildman–Crippen LogP) is 1.97. The van der Waals surface area contributed by atoms with Crippen molar-refractivity contribution in [1.29, 1.82) is 0 Å². The summed E-state index contributed by atoms with van der Waals surface area (Å²) in [4.78, 5) is 32.4. The fourth-order valence-corrected chi connectivity index (χ4v) is 3.97. The number of benzene rings is 1. The molecule has 0 bridgehead atoms. The van der Waals surface area contributed by atoms with E-state index in [4.69, 9.17) is 4.74 Å². The Bertz CT molecular complexity index is 1020. The number of para-hydroxylation sites is 1. The highest BCUT2D eigenvalue weighted by molar-refractivity contribution is 7.15. The monoisotopic (exact) mass is 406 g/mol. The number of nitrogens with zero attached hydrogens (tertiary/aromatic N) is 3. The summed E-state index contributed by atoms with van der Waals surface area (Å²) in [5.74, 6) is 0.419. The summed E-state index contributed by atoms with van der Waals surface area (Å²) in [6.07, 6.45) is 3.03. The van der Waals surface area contributed by atoms with Crippen LogP contribution < -0.4 is 15.6 Å². The average molecular weight is 407 g/mol. The van der Waals surface area contributed by atoms with Crippen molar-refractivity contribution in [3.63, 3.8) is 0 Å². The summed E-state index contributed by atoms with van der Waals surface area (Å²) in [5, 5.41) is 5.09. The zero-order valence-electron chi connectivity index (χ0n) is 14.6. The number of nitrogens with one attached hydrogen (secondary N) is 1. The lowest BCUT2D eigenvalue weighted by atomic mass is 10.0.